The molecule has 0 fully saturated rings. The molecule has 2 rings (SSSR count). The Morgan fingerprint density at radius 1 is 1.19 bits per heavy atom. The highest BCUT2D eigenvalue weighted by Crippen LogP contribution is 2.29. The number of thiophene rings is 1. The second-order valence-corrected chi connectivity index (χ2v) is 4.99. The number of rotatable bonds is 4. The van der Waals surface area contributed by atoms with E-state index in [4.69, 9.17) is 9.47 Å². The number of hydrogen-bond donors (Lipinski definition) is 0. The van der Waals surface area contributed by atoms with Crippen molar-refractivity contribution in [2.75, 3.05) is 7.11 Å². The van der Waals surface area contributed by atoms with Crippen LogP contribution in [0.1, 0.15) is 4.88 Å². The van der Waals surface area contributed by atoms with Crippen molar-refractivity contribution in [2.24, 2.45) is 0 Å². The van der Waals surface area contributed by atoms with E-state index in [9.17, 15) is 0 Å². The minimum absolute atomic E-state index is 0.554. The van der Waals surface area contributed by atoms with Gasteiger partial charge in [-0.3, -0.25) is 0 Å². The number of halogens is 1. The molecule has 0 saturated heterocycles. The molecule has 0 spiro atoms. The average molecular weight is 299 g/mol. The Bertz CT molecular complexity index is 468. The van der Waals surface area contributed by atoms with Crippen molar-refractivity contribution in [1.82, 2.24) is 0 Å². The zero-order valence-electron chi connectivity index (χ0n) is 8.77. The fourth-order valence-corrected chi connectivity index (χ4v) is 2.69. The van der Waals surface area contributed by atoms with Gasteiger partial charge in [0.15, 0.2) is 11.5 Å². The fourth-order valence-electron chi connectivity index (χ4n) is 1.31. The van der Waals surface area contributed by atoms with Crippen LogP contribution >= 0.6 is 27.3 Å². The number of para-hydroxylation sites is 2. The van der Waals surface area contributed by atoms with Crippen LogP contribution in [0.3, 0.4) is 0 Å². The normalized spacial score (nSPS) is 10.1. The second-order valence-electron chi connectivity index (χ2n) is 3.13. The molecule has 0 aliphatic rings. The lowest BCUT2D eigenvalue weighted by atomic mass is 10.3. The van der Waals surface area contributed by atoms with Gasteiger partial charge in [0.1, 0.15) is 6.61 Å². The van der Waals surface area contributed by atoms with E-state index in [1.54, 1.807) is 18.4 Å². The van der Waals surface area contributed by atoms with Gasteiger partial charge in [0, 0.05) is 4.47 Å². The molecule has 4 heteroatoms. The van der Waals surface area contributed by atoms with E-state index in [1.165, 1.54) is 4.88 Å². The van der Waals surface area contributed by atoms with Crippen molar-refractivity contribution in [3.05, 3.63) is 45.1 Å². The Kier molecular flexibility index (Phi) is 3.85. The standard InChI is InChI=1S/C12H11BrO2S/c1-14-10-4-2-3-5-11(10)15-8-12-9(13)6-7-16-12/h2-7H,8H2,1H3. The van der Waals surface area contributed by atoms with Crippen molar-refractivity contribution in [1.29, 1.82) is 0 Å². The molecule has 0 unspecified atom stereocenters. The van der Waals surface area contributed by atoms with Gasteiger partial charge in [-0.1, -0.05) is 12.1 Å². The molecule has 1 aromatic heterocycles. The summed E-state index contributed by atoms with van der Waals surface area (Å²) in [5.74, 6) is 1.53. The first-order valence-corrected chi connectivity index (χ1v) is 6.46. The van der Waals surface area contributed by atoms with Gasteiger partial charge in [0.25, 0.3) is 0 Å². The first kappa shape index (κ1) is 11.5. The lowest BCUT2D eigenvalue weighted by Crippen LogP contribution is -1.96. The SMILES string of the molecule is COc1ccccc1OCc1sccc1Br. The maximum absolute atomic E-state index is 5.71. The molecule has 84 valence electrons. The third kappa shape index (κ3) is 2.57. The van der Waals surface area contributed by atoms with Gasteiger partial charge in [-0.05, 0) is 39.5 Å². The van der Waals surface area contributed by atoms with Crippen LogP contribution in [-0.4, -0.2) is 7.11 Å². The number of methoxy groups -OCH3 is 1. The van der Waals surface area contributed by atoms with Crippen molar-refractivity contribution < 1.29 is 9.47 Å². The molecule has 0 saturated carbocycles. The highest BCUT2D eigenvalue weighted by atomic mass is 79.9. The predicted molar refractivity (Wildman–Crippen MR) is 69.3 cm³/mol. The van der Waals surface area contributed by atoms with Crippen LogP contribution in [-0.2, 0) is 6.61 Å². The van der Waals surface area contributed by atoms with Gasteiger partial charge in [0.05, 0.1) is 12.0 Å². The van der Waals surface area contributed by atoms with E-state index in [2.05, 4.69) is 15.9 Å². The van der Waals surface area contributed by atoms with Crippen LogP contribution in [0.2, 0.25) is 0 Å². The lowest BCUT2D eigenvalue weighted by Gasteiger charge is -2.09. The topological polar surface area (TPSA) is 18.5 Å². The predicted octanol–water partition coefficient (Wildman–Crippen LogP) is 4.10. The van der Waals surface area contributed by atoms with E-state index >= 15 is 0 Å². The monoisotopic (exact) mass is 298 g/mol. The van der Waals surface area contributed by atoms with Gasteiger partial charge >= 0.3 is 0 Å². The van der Waals surface area contributed by atoms with Crippen LogP contribution < -0.4 is 9.47 Å². The Morgan fingerprint density at radius 2 is 1.94 bits per heavy atom. The molecular formula is C12H11BrO2S. The summed E-state index contributed by atoms with van der Waals surface area (Å²) in [6, 6.07) is 9.67. The van der Waals surface area contributed by atoms with Gasteiger partial charge in [-0.25, -0.2) is 0 Å². The zero-order chi connectivity index (χ0) is 11.4. The van der Waals surface area contributed by atoms with E-state index in [1.807, 2.05) is 35.7 Å². The van der Waals surface area contributed by atoms with Crippen LogP contribution in [0.15, 0.2) is 40.2 Å². The third-order valence-corrected chi connectivity index (χ3v) is 4.02. The number of benzene rings is 1. The summed E-state index contributed by atoms with van der Waals surface area (Å²) in [4.78, 5) is 1.17. The maximum Gasteiger partial charge on any atom is 0.161 e. The molecular weight excluding hydrogens is 288 g/mol. The molecule has 16 heavy (non-hydrogen) atoms. The summed E-state index contributed by atoms with van der Waals surface area (Å²) in [7, 11) is 1.64. The van der Waals surface area contributed by atoms with E-state index < -0.39 is 0 Å². The maximum atomic E-state index is 5.71. The van der Waals surface area contributed by atoms with Crippen molar-refractivity contribution in [3.63, 3.8) is 0 Å². The van der Waals surface area contributed by atoms with Gasteiger partial charge in [-0.2, -0.15) is 0 Å². The molecule has 2 aromatic rings. The molecule has 0 aliphatic heterocycles. The summed E-state index contributed by atoms with van der Waals surface area (Å²) in [5, 5.41) is 2.03. The molecule has 0 N–H and O–H groups in total. The largest absolute Gasteiger partial charge is 0.493 e. The van der Waals surface area contributed by atoms with Crippen LogP contribution in [0.5, 0.6) is 11.5 Å². The van der Waals surface area contributed by atoms with Gasteiger partial charge in [0.2, 0.25) is 0 Å². The quantitative estimate of drug-likeness (QED) is 0.846. The Balaban J connectivity index is 2.07. The first-order chi connectivity index (χ1) is 7.81. The van der Waals surface area contributed by atoms with Gasteiger partial charge < -0.3 is 9.47 Å². The molecule has 1 heterocycles. The van der Waals surface area contributed by atoms with Crippen LogP contribution in [0.4, 0.5) is 0 Å². The smallest absolute Gasteiger partial charge is 0.161 e. The molecule has 0 atom stereocenters. The second kappa shape index (κ2) is 5.37. The van der Waals surface area contributed by atoms with E-state index in [0.717, 1.165) is 16.0 Å². The van der Waals surface area contributed by atoms with Crippen LogP contribution in [0.25, 0.3) is 0 Å². The number of hydrogen-bond acceptors (Lipinski definition) is 3. The molecule has 0 amide bonds. The Hall–Kier alpha value is -1.00. The van der Waals surface area contributed by atoms with Gasteiger partial charge in [-0.15, -0.1) is 11.3 Å². The summed E-state index contributed by atoms with van der Waals surface area (Å²) in [6.45, 7) is 0.554. The highest BCUT2D eigenvalue weighted by molar-refractivity contribution is 9.10. The highest BCUT2D eigenvalue weighted by Gasteiger charge is 2.05. The van der Waals surface area contributed by atoms with E-state index in [0.29, 0.717) is 6.61 Å². The van der Waals surface area contributed by atoms with Crippen molar-refractivity contribution >= 4 is 27.3 Å². The fraction of sp³-hybridized carbons (Fsp3) is 0.167. The van der Waals surface area contributed by atoms with Crippen molar-refractivity contribution in [2.45, 2.75) is 6.61 Å². The minimum Gasteiger partial charge on any atom is -0.493 e. The molecule has 0 aliphatic carbocycles. The molecule has 2 nitrogen and oxygen atoms in total. The molecule has 1 aromatic carbocycles. The lowest BCUT2D eigenvalue weighted by molar-refractivity contribution is 0.287. The molecule has 0 bridgehead atoms. The molecule has 0 radical (unpaired) electrons. The summed E-state index contributed by atoms with van der Waals surface area (Å²) >= 11 is 5.14. The minimum atomic E-state index is 0.554. The van der Waals surface area contributed by atoms with E-state index in [-0.39, 0.29) is 0 Å². The first-order valence-electron chi connectivity index (χ1n) is 4.79. The zero-order valence-corrected chi connectivity index (χ0v) is 11.2. The summed E-state index contributed by atoms with van der Waals surface area (Å²) in [6.07, 6.45) is 0. The Labute approximate surface area is 107 Å². The number of ether oxygens (including phenoxy) is 2. The summed E-state index contributed by atoms with van der Waals surface area (Å²) < 4.78 is 12.0. The van der Waals surface area contributed by atoms with Crippen LogP contribution in [0, 0.1) is 0 Å². The summed E-state index contributed by atoms with van der Waals surface area (Å²) in [5.41, 5.74) is 0. The Morgan fingerprint density at radius 3 is 2.56 bits per heavy atom. The third-order valence-electron chi connectivity index (χ3n) is 2.12. The van der Waals surface area contributed by atoms with Crippen molar-refractivity contribution in [3.8, 4) is 11.5 Å². The average Bonchev–Trinajstić information content (AvgIpc) is 2.72.